The molecule has 0 radical (unpaired) electrons. The van der Waals surface area contributed by atoms with Crippen LogP contribution in [0, 0.1) is 24.6 Å². The fourth-order valence-electron chi connectivity index (χ4n) is 3.88. The Hall–Kier alpha value is -0.930. The zero-order chi connectivity index (χ0) is 13.4. The van der Waals surface area contributed by atoms with E-state index in [2.05, 4.69) is 24.1 Å². The van der Waals surface area contributed by atoms with Crippen molar-refractivity contribution < 1.29 is 4.39 Å². The number of fused-ring (bicyclic) bond motifs is 1. The van der Waals surface area contributed by atoms with Crippen LogP contribution in [-0.2, 0) is 6.54 Å². The lowest BCUT2D eigenvalue weighted by molar-refractivity contribution is 0.210. The molecule has 0 aliphatic carbocycles. The molecule has 2 aliphatic rings. The summed E-state index contributed by atoms with van der Waals surface area (Å²) in [5.41, 5.74) is 2.35. The first-order valence-corrected chi connectivity index (χ1v) is 7.39. The first kappa shape index (κ1) is 13.1. The van der Waals surface area contributed by atoms with Crippen molar-refractivity contribution >= 4 is 0 Å². The van der Waals surface area contributed by atoms with Crippen LogP contribution in [0.2, 0.25) is 0 Å². The average Bonchev–Trinajstić information content (AvgIpc) is 2.94. The zero-order valence-corrected chi connectivity index (χ0v) is 11.8. The molecule has 104 valence electrons. The number of halogens is 1. The van der Waals surface area contributed by atoms with Crippen molar-refractivity contribution in [3.63, 3.8) is 0 Å². The van der Waals surface area contributed by atoms with E-state index in [0.29, 0.717) is 6.04 Å². The van der Waals surface area contributed by atoms with Crippen molar-refractivity contribution in [1.29, 1.82) is 0 Å². The Morgan fingerprint density at radius 3 is 3.00 bits per heavy atom. The molecular weight excluding hydrogens is 239 g/mol. The molecule has 0 amide bonds. The number of benzene rings is 1. The van der Waals surface area contributed by atoms with Crippen LogP contribution in [0.3, 0.4) is 0 Å². The first-order valence-electron chi connectivity index (χ1n) is 7.39. The van der Waals surface area contributed by atoms with Crippen molar-refractivity contribution in [2.75, 3.05) is 19.6 Å². The SMILES string of the molecule is CCC1C2CNCC2CN1Cc1cc(F)ccc1C. The summed E-state index contributed by atoms with van der Waals surface area (Å²) in [6.45, 7) is 8.72. The zero-order valence-electron chi connectivity index (χ0n) is 11.8. The molecule has 19 heavy (non-hydrogen) atoms. The van der Waals surface area contributed by atoms with E-state index in [1.165, 1.54) is 12.0 Å². The minimum Gasteiger partial charge on any atom is -0.316 e. The first-order chi connectivity index (χ1) is 9.19. The Balaban J connectivity index is 1.77. The van der Waals surface area contributed by atoms with Crippen LogP contribution in [-0.4, -0.2) is 30.6 Å². The third kappa shape index (κ3) is 2.41. The lowest BCUT2D eigenvalue weighted by Crippen LogP contribution is -2.34. The van der Waals surface area contributed by atoms with E-state index in [9.17, 15) is 4.39 Å². The van der Waals surface area contributed by atoms with Crippen LogP contribution in [0.1, 0.15) is 24.5 Å². The second kappa shape index (κ2) is 5.22. The predicted octanol–water partition coefficient (Wildman–Crippen LogP) is 2.56. The number of rotatable bonds is 3. The summed E-state index contributed by atoms with van der Waals surface area (Å²) in [4.78, 5) is 2.57. The number of hydrogen-bond acceptors (Lipinski definition) is 2. The molecule has 2 saturated heterocycles. The van der Waals surface area contributed by atoms with Gasteiger partial charge in [0.2, 0.25) is 0 Å². The summed E-state index contributed by atoms with van der Waals surface area (Å²) in [6, 6.07) is 5.81. The van der Waals surface area contributed by atoms with Crippen LogP contribution >= 0.6 is 0 Å². The maximum Gasteiger partial charge on any atom is 0.123 e. The van der Waals surface area contributed by atoms with Gasteiger partial charge in [0.15, 0.2) is 0 Å². The lowest BCUT2D eigenvalue weighted by atomic mass is 9.93. The average molecular weight is 262 g/mol. The van der Waals surface area contributed by atoms with Crippen LogP contribution in [0.15, 0.2) is 18.2 Å². The van der Waals surface area contributed by atoms with Gasteiger partial charge in [0.1, 0.15) is 5.82 Å². The highest BCUT2D eigenvalue weighted by atomic mass is 19.1. The maximum atomic E-state index is 13.4. The molecule has 2 fully saturated rings. The third-order valence-corrected chi connectivity index (χ3v) is 4.93. The van der Waals surface area contributed by atoms with E-state index >= 15 is 0 Å². The summed E-state index contributed by atoms with van der Waals surface area (Å²) in [5.74, 6) is 1.47. The number of aryl methyl sites for hydroxylation is 1. The van der Waals surface area contributed by atoms with Crippen molar-refractivity contribution in [2.45, 2.75) is 32.9 Å². The van der Waals surface area contributed by atoms with Gasteiger partial charge in [-0.25, -0.2) is 4.39 Å². The highest BCUT2D eigenvalue weighted by molar-refractivity contribution is 5.26. The van der Waals surface area contributed by atoms with E-state index in [0.717, 1.165) is 43.6 Å². The van der Waals surface area contributed by atoms with E-state index in [1.54, 1.807) is 12.1 Å². The van der Waals surface area contributed by atoms with Gasteiger partial charge in [-0.3, -0.25) is 4.90 Å². The van der Waals surface area contributed by atoms with Gasteiger partial charge in [0.25, 0.3) is 0 Å². The number of likely N-dealkylation sites (tertiary alicyclic amines) is 1. The molecule has 0 aromatic heterocycles. The summed E-state index contributed by atoms with van der Waals surface area (Å²) >= 11 is 0. The smallest absolute Gasteiger partial charge is 0.123 e. The molecule has 2 heterocycles. The Morgan fingerprint density at radius 1 is 1.37 bits per heavy atom. The maximum absolute atomic E-state index is 13.4. The van der Waals surface area contributed by atoms with E-state index < -0.39 is 0 Å². The van der Waals surface area contributed by atoms with E-state index in [-0.39, 0.29) is 5.82 Å². The Bertz CT molecular complexity index is 460. The number of nitrogens with zero attached hydrogens (tertiary/aromatic N) is 1. The third-order valence-electron chi connectivity index (χ3n) is 4.93. The molecule has 3 heteroatoms. The second-order valence-corrected chi connectivity index (χ2v) is 6.06. The van der Waals surface area contributed by atoms with Gasteiger partial charge in [-0.2, -0.15) is 0 Å². The quantitative estimate of drug-likeness (QED) is 0.900. The molecule has 2 aliphatic heterocycles. The highest BCUT2D eigenvalue weighted by Crippen LogP contribution is 2.35. The fourth-order valence-corrected chi connectivity index (χ4v) is 3.88. The van der Waals surface area contributed by atoms with Crippen molar-refractivity contribution in [1.82, 2.24) is 10.2 Å². The van der Waals surface area contributed by atoms with Gasteiger partial charge in [0.05, 0.1) is 0 Å². The molecule has 1 aromatic carbocycles. The van der Waals surface area contributed by atoms with Crippen molar-refractivity contribution in [2.24, 2.45) is 11.8 Å². The number of hydrogen-bond donors (Lipinski definition) is 1. The topological polar surface area (TPSA) is 15.3 Å². The Labute approximate surface area is 115 Å². The van der Waals surface area contributed by atoms with Crippen LogP contribution in [0.4, 0.5) is 4.39 Å². The molecule has 0 saturated carbocycles. The minimum atomic E-state index is -0.116. The second-order valence-electron chi connectivity index (χ2n) is 6.06. The van der Waals surface area contributed by atoms with Crippen molar-refractivity contribution in [3.8, 4) is 0 Å². The molecule has 0 spiro atoms. The summed E-state index contributed by atoms with van der Waals surface area (Å²) in [6.07, 6.45) is 1.19. The minimum absolute atomic E-state index is 0.116. The van der Waals surface area contributed by atoms with Gasteiger partial charge in [0, 0.05) is 19.1 Å². The summed E-state index contributed by atoms with van der Waals surface area (Å²) in [7, 11) is 0. The van der Waals surface area contributed by atoms with Gasteiger partial charge in [-0.1, -0.05) is 13.0 Å². The molecule has 1 aromatic rings. The van der Waals surface area contributed by atoms with Gasteiger partial charge in [-0.15, -0.1) is 0 Å². The molecule has 3 rings (SSSR count). The molecular formula is C16H23FN2. The Morgan fingerprint density at radius 2 is 2.21 bits per heavy atom. The monoisotopic (exact) mass is 262 g/mol. The van der Waals surface area contributed by atoms with Crippen LogP contribution < -0.4 is 5.32 Å². The molecule has 3 atom stereocenters. The predicted molar refractivity (Wildman–Crippen MR) is 75.5 cm³/mol. The van der Waals surface area contributed by atoms with Crippen LogP contribution in [0.25, 0.3) is 0 Å². The fraction of sp³-hybridized carbons (Fsp3) is 0.625. The standard InChI is InChI=1S/C16H23FN2/c1-3-16-15-8-18-7-13(15)10-19(16)9-12-6-14(17)5-4-11(12)2/h4-6,13,15-16,18H,3,7-10H2,1-2H3. The normalized spacial score (nSPS) is 30.8. The highest BCUT2D eigenvalue weighted by Gasteiger charge is 2.42. The molecule has 3 unspecified atom stereocenters. The molecule has 0 bridgehead atoms. The van der Waals surface area contributed by atoms with Gasteiger partial charge < -0.3 is 5.32 Å². The van der Waals surface area contributed by atoms with Gasteiger partial charge >= 0.3 is 0 Å². The van der Waals surface area contributed by atoms with Crippen molar-refractivity contribution in [3.05, 3.63) is 35.1 Å². The van der Waals surface area contributed by atoms with Gasteiger partial charge in [-0.05, 0) is 61.5 Å². The summed E-state index contributed by atoms with van der Waals surface area (Å²) < 4.78 is 13.4. The van der Waals surface area contributed by atoms with Crippen LogP contribution in [0.5, 0.6) is 0 Å². The lowest BCUT2D eigenvalue weighted by Gasteiger charge is -2.27. The van der Waals surface area contributed by atoms with E-state index in [4.69, 9.17) is 0 Å². The number of nitrogens with one attached hydrogen (secondary N) is 1. The largest absolute Gasteiger partial charge is 0.316 e. The molecule has 1 N–H and O–H groups in total. The Kier molecular flexibility index (Phi) is 3.59. The van der Waals surface area contributed by atoms with E-state index in [1.807, 2.05) is 6.07 Å². The molecule has 2 nitrogen and oxygen atoms in total. The summed E-state index contributed by atoms with van der Waals surface area (Å²) in [5, 5.41) is 3.51.